The van der Waals surface area contributed by atoms with Gasteiger partial charge < -0.3 is 10.2 Å². The van der Waals surface area contributed by atoms with Crippen molar-refractivity contribution in [1.82, 2.24) is 10.2 Å². The van der Waals surface area contributed by atoms with Gasteiger partial charge in [0.1, 0.15) is 5.82 Å². The van der Waals surface area contributed by atoms with Gasteiger partial charge in [-0.25, -0.2) is 4.39 Å². The molecule has 1 saturated heterocycles. The van der Waals surface area contributed by atoms with Gasteiger partial charge in [0.25, 0.3) is 0 Å². The van der Waals surface area contributed by atoms with Crippen LogP contribution in [0.15, 0.2) is 66.7 Å². The van der Waals surface area contributed by atoms with Crippen molar-refractivity contribution in [2.24, 2.45) is 0 Å². The SMILES string of the molecule is O=C(Cc1cccc2ccccc12)NCCN1CCN(c2ccccc2F)CC1. The third-order valence-electron chi connectivity index (χ3n) is 5.55. The first-order chi connectivity index (χ1) is 14.2. The summed E-state index contributed by atoms with van der Waals surface area (Å²) in [5, 5.41) is 5.33. The highest BCUT2D eigenvalue weighted by molar-refractivity contribution is 5.90. The minimum atomic E-state index is -0.165. The van der Waals surface area contributed by atoms with E-state index in [-0.39, 0.29) is 11.7 Å². The molecule has 1 N–H and O–H groups in total. The van der Waals surface area contributed by atoms with Crippen LogP contribution in [-0.2, 0) is 11.2 Å². The molecule has 4 rings (SSSR count). The number of anilines is 1. The predicted molar refractivity (Wildman–Crippen MR) is 116 cm³/mol. The van der Waals surface area contributed by atoms with Crippen molar-refractivity contribution in [1.29, 1.82) is 0 Å². The lowest BCUT2D eigenvalue weighted by molar-refractivity contribution is -0.120. The second-order valence-corrected chi connectivity index (χ2v) is 7.45. The molecule has 3 aromatic carbocycles. The van der Waals surface area contributed by atoms with Gasteiger partial charge in [0, 0.05) is 39.3 Å². The second-order valence-electron chi connectivity index (χ2n) is 7.45. The number of fused-ring (bicyclic) bond motifs is 1. The number of carbonyl (C=O) groups excluding carboxylic acids is 1. The maximum atomic E-state index is 13.9. The Kier molecular flexibility index (Phi) is 6.06. The first-order valence-corrected chi connectivity index (χ1v) is 10.2. The quantitative estimate of drug-likeness (QED) is 0.699. The molecular weight excluding hydrogens is 365 g/mol. The number of benzene rings is 3. The van der Waals surface area contributed by atoms with Crippen LogP contribution in [-0.4, -0.2) is 50.1 Å². The number of para-hydroxylation sites is 1. The molecule has 150 valence electrons. The summed E-state index contributed by atoms with van der Waals surface area (Å²) in [6, 6.07) is 21.2. The van der Waals surface area contributed by atoms with Gasteiger partial charge >= 0.3 is 0 Å². The molecule has 1 heterocycles. The van der Waals surface area contributed by atoms with E-state index in [0.717, 1.165) is 49.1 Å². The molecule has 0 atom stereocenters. The van der Waals surface area contributed by atoms with E-state index in [0.29, 0.717) is 18.7 Å². The summed E-state index contributed by atoms with van der Waals surface area (Å²) < 4.78 is 13.9. The minimum absolute atomic E-state index is 0.0475. The summed E-state index contributed by atoms with van der Waals surface area (Å²) in [4.78, 5) is 16.8. The second kappa shape index (κ2) is 9.05. The van der Waals surface area contributed by atoms with Crippen molar-refractivity contribution in [2.45, 2.75) is 6.42 Å². The average Bonchev–Trinajstić information content (AvgIpc) is 2.75. The van der Waals surface area contributed by atoms with Gasteiger partial charge in [0.15, 0.2) is 0 Å². The number of carbonyl (C=O) groups is 1. The Balaban J connectivity index is 1.23. The molecule has 5 heteroatoms. The van der Waals surface area contributed by atoms with Crippen molar-refractivity contribution in [3.63, 3.8) is 0 Å². The summed E-state index contributed by atoms with van der Waals surface area (Å²) in [5.41, 5.74) is 1.73. The van der Waals surface area contributed by atoms with E-state index < -0.39 is 0 Å². The van der Waals surface area contributed by atoms with Crippen molar-refractivity contribution >= 4 is 22.4 Å². The molecule has 1 amide bonds. The van der Waals surface area contributed by atoms with Crippen molar-refractivity contribution in [3.8, 4) is 0 Å². The maximum Gasteiger partial charge on any atom is 0.224 e. The summed E-state index contributed by atoms with van der Waals surface area (Å²) >= 11 is 0. The van der Waals surface area contributed by atoms with Gasteiger partial charge in [-0.1, -0.05) is 54.6 Å². The Bertz CT molecular complexity index is 977. The Hall–Kier alpha value is -2.92. The number of hydrogen-bond acceptors (Lipinski definition) is 3. The van der Waals surface area contributed by atoms with Crippen molar-refractivity contribution in [2.75, 3.05) is 44.2 Å². The Morgan fingerprint density at radius 1 is 0.897 bits per heavy atom. The molecule has 0 bridgehead atoms. The van der Waals surface area contributed by atoms with E-state index in [9.17, 15) is 9.18 Å². The monoisotopic (exact) mass is 391 g/mol. The number of piperazine rings is 1. The average molecular weight is 391 g/mol. The number of nitrogens with zero attached hydrogens (tertiary/aromatic N) is 2. The lowest BCUT2D eigenvalue weighted by Crippen LogP contribution is -2.48. The van der Waals surface area contributed by atoms with E-state index in [4.69, 9.17) is 0 Å². The van der Waals surface area contributed by atoms with Gasteiger partial charge in [0.05, 0.1) is 12.1 Å². The molecule has 0 saturated carbocycles. The third kappa shape index (κ3) is 4.74. The first kappa shape index (κ1) is 19.4. The van der Waals surface area contributed by atoms with E-state index in [1.54, 1.807) is 6.07 Å². The van der Waals surface area contributed by atoms with Gasteiger partial charge in [-0.3, -0.25) is 9.69 Å². The smallest absolute Gasteiger partial charge is 0.224 e. The molecule has 1 aliphatic rings. The van der Waals surface area contributed by atoms with Gasteiger partial charge in [-0.05, 0) is 28.5 Å². The Morgan fingerprint density at radius 2 is 1.62 bits per heavy atom. The Morgan fingerprint density at radius 3 is 2.45 bits per heavy atom. The van der Waals surface area contributed by atoms with Crippen LogP contribution in [0.4, 0.5) is 10.1 Å². The van der Waals surface area contributed by atoms with Crippen molar-refractivity contribution < 1.29 is 9.18 Å². The summed E-state index contributed by atoms with van der Waals surface area (Å²) in [6.45, 7) is 4.77. The number of nitrogens with one attached hydrogen (secondary N) is 1. The van der Waals surface area contributed by atoms with Crippen LogP contribution in [0.5, 0.6) is 0 Å². The summed E-state index contributed by atoms with van der Waals surface area (Å²) in [5.74, 6) is -0.118. The number of rotatable bonds is 6. The van der Waals surface area contributed by atoms with E-state index in [1.807, 2.05) is 36.4 Å². The van der Waals surface area contributed by atoms with Gasteiger partial charge in [-0.2, -0.15) is 0 Å². The number of hydrogen-bond donors (Lipinski definition) is 1. The van der Waals surface area contributed by atoms with Crippen LogP contribution in [0.3, 0.4) is 0 Å². The van der Waals surface area contributed by atoms with E-state index >= 15 is 0 Å². The maximum absolute atomic E-state index is 13.9. The van der Waals surface area contributed by atoms with Crippen LogP contribution in [0, 0.1) is 5.82 Å². The molecule has 0 spiro atoms. The molecule has 0 radical (unpaired) electrons. The fraction of sp³-hybridized carbons (Fsp3) is 0.292. The lowest BCUT2D eigenvalue weighted by Gasteiger charge is -2.36. The highest BCUT2D eigenvalue weighted by Gasteiger charge is 2.19. The zero-order chi connectivity index (χ0) is 20.1. The van der Waals surface area contributed by atoms with Crippen LogP contribution in [0.25, 0.3) is 10.8 Å². The van der Waals surface area contributed by atoms with Crippen LogP contribution in [0.1, 0.15) is 5.56 Å². The van der Waals surface area contributed by atoms with E-state index in [2.05, 4.69) is 33.3 Å². The van der Waals surface area contributed by atoms with Crippen LogP contribution in [0.2, 0.25) is 0 Å². The zero-order valence-electron chi connectivity index (χ0n) is 16.5. The van der Waals surface area contributed by atoms with Gasteiger partial charge in [-0.15, -0.1) is 0 Å². The molecule has 0 aliphatic carbocycles. The largest absolute Gasteiger partial charge is 0.367 e. The number of amides is 1. The molecule has 1 fully saturated rings. The van der Waals surface area contributed by atoms with Crippen molar-refractivity contribution in [3.05, 3.63) is 78.1 Å². The zero-order valence-corrected chi connectivity index (χ0v) is 16.5. The lowest BCUT2D eigenvalue weighted by atomic mass is 10.0. The summed E-state index contributed by atoms with van der Waals surface area (Å²) in [6.07, 6.45) is 0.391. The highest BCUT2D eigenvalue weighted by Crippen LogP contribution is 2.20. The molecule has 0 unspecified atom stereocenters. The molecule has 0 aromatic heterocycles. The highest BCUT2D eigenvalue weighted by atomic mass is 19.1. The molecule has 1 aliphatic heterocycles. The normalized spacial score (nSPS) is 14.9. The van der Waals surface area contributed by atoms with Crippen LogP contribution >= 0.6 is 0 Å². The van der Waals surface area contributed by atoms with E-state index in [1.165, 1.54) is 6.07 Å². The first-order valence-electron chi connectivity index (χ1n) is 10.2. The predicted octanol–water partition coefficient (Wildman–Crippen LogP) is 3.46. The van der Waals surface area contributed by atoms with Crippen LogP contribution < -0.4 is 10.2 Å². The fourth-order valence-corrected chi connectivity index (χ4v) is 3.96. The minimum Gasteiger partial charge on any atom is -0.367 e. The number of halogens is 1. The van der Waals surface area contributed by atoms with Gasteiger partial charge in [0.2, 0.25) is 5.91 Å². The fourth-order valence-electron chi connectivity index (χ4n) is 3.96. The molecule has 29 heavy (non-hydrogen) atoms. The Labute approximate surface area is 170 Å². The molecule has 3 aromatic rings. The standard InChI is InChI=1S/C24H26FN3O/c25-22-10-3-4-11-23(22)28-16-14-27(15-17-28)13-12-26-24(29)18-20-8-5-7-19-6-1-2-9-21(19)20/h1-11H,12-18H2,(H,26,29). The topological polar surface area (TPSA) is 35.6 Å². The third-order valence-corrected chi connectivity index (χ3v) is 5.55. The molecule has 4 nitrogen and oxygen atoms in total. The molecular formula is C24H26FN3O. The summed E-state index contributed by atoms with van der Waals surface area (Å²) in [7, 11) is 0.